The van der Waals surface area contributed by atoms with Gasteiger partial charge in [0.25, 0.3) is 0 Å². The van der Waals surface area contributed by atoms with Crippen LogP contribution in [0.1, 0.15) is 38.7 Å². The van der Waals surface area contributed by atoms with Crippen molar-refractivity contribution in [1.82, 2.24) is 5.32 Å². The summed E-state index contributed by atoms with van der Waals surface area (Å²) in [6, 6.07) is 6.00. The second-order valence-corrected chi connectivity index (χ2v) is 4.67. The van der Waals surface area contributed by atoms with E-state index in [4.69, 9.17) is 14.6 Å². The molecule has 0 aromatic heterocycles. The SMILES string of the molecule is CCCCCOc1ccc(CNCCO)cc1OCC. The highest BCUT2D eigenvalue weighted by atomic mass is 16.5. The highest BCUT2D eigenvalue weighted by Crippen LogP contribution is 2.28. The molecule has 0 atom stereocenters. The first-order valence-electron chi connectivity index (χ1n) is 7.51. The molecule has 0 radical (unpaired) electrons. The highest BCUT2D eigenvalue weighted by molar-refractivity contribution is 5.43. The van der Waals surface area contributed by atoms with Crippen LogP contribution in [0.15, 0.2) is 18.2 Å². The van der Waals surface area contributed by atoms with E-state index in [1.807, 2.05) is 25.1 Å². The van der Waals surface area contributed by atoms with Gasteiger partial charge in [0, 0.05) is 13.1 Å². The van der Waals surface area contributed by atoms with Crippen LogP contribution in [0.5, 0.6) is 11.5 Å². The van der Waals surface area contributed by atoms with Crippen molar-refractivity contribution in [3.63, 3.8) is 0 Å². The van der Waals surface area contributed by atoms with Crippen LogP contribution >= 0.6 is 0 Å². The van der Waals surface area contributed by atoms with Crippen molar-refractivity contribution in [2.24, 2.45) is 0 Å². The molecule has 0 heterocycles. The maximum absolute atomic E-state index is 8.76. The van der Waals surface area contributed by atoms with Crippen molar-refractivity contribution in [3.05, 3.63) is 23.8 Å². The molecule has 4 heteroatoms. The first-order chi connectivity index (χ1) is 9.81. The average molecular weight is 281 g/mol. The number of aliphatic hydroxyl groups excluding tert-OH is 1. The summed E-state index contributed by atoms with van der Waals surface area (Å²) in [5.74, 6) is 1.61. The quantitative estimate of drug-likeness (QED) is 0.612. The average Bonchev–Trinajstić information content (AvgIpc) is 2.46. The number of ether oxygens (including phenoxy) is 2. The molecule has 0 amide bonds. The van der Waals surface area contributed by atoms with Gasteiger partial charge in [-0.15, -0.1) is 0 Å². The Kier molecular flexibility index (Phi) is 8.83. The van der Waals surface area contributed by atoms with Gasteiger partial charge in [0.1, 0.15) is 0 Å². The smallest absolute Gasteiger partial charge is 0.161 e. The molecule has 0 aliphatic heterocycles. The second-order valence-electron chi connectivity index (χ2n) is 4.67. The van der Waals surface area contributed by atoms with Crippen LogP contribution in [0.4, 0.5) is 0 Å². The second kappa shape index (κ2) is 10.5. The lowest BCUT2D eigenvalue weighted by molar-refractivity contribution is 0.270. The van der Waals surface area contributed by atoms with Crippen LogP contribution in [-0.4, -0.2) is 31.5 Å². The van der Waals surface area contributed by atoms with Gasteiger partial charge in [-0.2, -0.15) is 0 Å². The molecule has 0 spiro atoms. The molecule has 20 heavy (non-hydrogen) atoms. The van der Waals surface area contributed by atoms with Crippen LogP contribution < -0.4 is 14.8 Å². The van der Waals surface area contributed by atoms with E-state index < -0.39 is 0 Å². The summed E-state index contributed by atoms with van der Waals surface area (Å²) in [5, 5.41) is 11.9. The van der Waals surface area contributed by atoms with E-state index in [1.54, 1.807) is 0 Å². The van der Waals surface area contributed by atoms with Gasteiger partial charge in [0.05, 0.1) is 19.8 Å². The minimum absolute atomic E-state index is 0.150. The fourth-order valence-electron chi connectivity index (χ4n) is 1.90. The van der Waals surface area contributed by atoms with E-state index in [0.29, 0.717) is 13.2 Å². The number of nitrogens with one attached hydrogen (secondary N) is 1. The van der Waals surface area contributed by atoms with E-state index in [1.165, 1.54) is 12.8 Å². The third kappa shape index (κ3) is 6.26. The Morgan fingerprint density at radius 1 is 1.10 bits per heavy atom. The van der Waals surface area contributed by atoms with Crippen molar-refractivity contribution < 1.29 is 14.6 Å². The number of unbranched alkanes of at least 4 members (excludes halogenated alkanes) is 2. The van der Waals surface area contributed by atoms with Crippen LogP contribution in [0.2, 0.25) is 0 Å². The van der Waals surface area contributed by atoms with Gasteiger partial charge in [-0.3, -0.25) is 0 Å². The Morgan fingerprint density at radius 2 is 1.95 bits per heavy atom. The van der Waals surface area contributed by atoms with E-state index in [2.05, 4.69) is 12.2 Å². The standard InChI is InChI=1S/C16H27NO3/c1-3-5-6-11-20-15-8-7-14(13-17-9-10-18)12-16(15)19-4-2/h7-8,12,17-18H,3-6,9-11,13H2,1-2H3. The highest BCUT2D eigenvalue weighted by Gasteiger charge is 2.06. The third-order valence-electron chi connectivity index (χ3n) is 2.93. The molecule has 1 rings (SSSR count). The molecule has 0 saturated carbocycles. The Balaban J connectivity index is 2.58. The fourth-order valence-corrected chi connectivity index (χ4v) is 1.90. The molecule has 0 fully saturated rings. The summed E-state index contributed by atoms with van der Waals surface area (Å²) in [5.41, 5.74) is 1.13. The maximum Gasteiger partial charge on any atom is 0.161 e. The van der Waals surface area contributed by atoms with Crippen LogP contribution in [-0.2, 0) is 6.54 Å². The lowest BCUT2D eigenvalue weighted by Gasteiger charge is -2.13. The molecular weight excluding hydrogens is 254 g/mol. The summed E-state index contributed by atoms with van der Waals surface area (Å²) in [6.45, 7) is 6.97. The van der Waals surface area contributed by atoms with Crippen molar-refractivity contribution >= 4 is 0 Å². The monoisotopic (exact) mass is 281 g/mol. The van der Waals surface area contributed by atoms with E-state index in [-0.39, 0.29) is 6.61 Å². The third-order valence-corrected chi connectivity index (χ3v) is 2.93. The van der Waals surface area contributed by atoms with Gasteiger partial charge in [0.15, 0.2) is 11.5 Å². The molecular formula is C16H27NO3. The molecule has 0 saturated heterocycles. The molecule has 0 unspecified atom stereocenters. The first kappa shape index (κ1) is 16.8. The van der Waals surface area contributed by atoms with Gasteiger partial charge < -0.3 is 19.9 Å². The minimum Gasteiger partial charge on any atom is -0.490 e. The van der Waals surface area contributed by atoms with Crippen LogP contribution in [0.25, 0.3) is 0 Å². The Labute approximate surface area is 122 Å². The Morgan fingerprint density at radius 3 is 2.65 bits per heavy atom. The molecule has 0 aliphatic rings. The molecule has 4 nitrogen and oxygen atoms in total. The van der Waals surface area contributed by atoms with Gasteiger partial charge in [-0.05, 0) is 31.0 Å². The number of hydrogen-bond acceptors (Lipinski definition) is 4. The topological polar surface area (TPSA) is 50.7 Å². The Bertz CT molecular complexity index is 369. The fraction of sp³-hybridized carbons (Fsp3) is 0.625. The largest absolute Gasteiger partial charge is 0.490 e. The normalized spacial score (nSPS) is 10.6. The number of rotatable bonds is 11. The summed E-state index contributed by atoms with van der Waals surface area (Å²) < 4.78 is 11.4. The lowest BCUT2D eigenvalue weighted by atomic mass is 10.2. The summed E-state index contributed by atoms with van der Waals surface area (Å²) in [4.78, 5) is 0. The zero-order chi connectivity index (χ0) is 14.6. The molecule has 1 aromatic rings. The van der Waals surface area contributed by atoms with Gasteiger partial charge in [-0.1, -0.05) is 25.8 Å². The van der Waals surface area contributed by atoms with Crippen molar-refractivity contribution in [2.75, 3.05) is 26.4 Å². The zero-order valence-corrected chi connectivity index (χ0v) is 12.7. The first-order valence-corrected chi connectivity index (χ1v) is 7.51. The predicted molar refractivity (Wildman–Crippen MR) is 81.4 cm³/mol. The van der Waals surface area contributed by atoms with E-state index in [9.17, 15) is 0 Å². The van der Waals surface area contributed by atoms with E-state index >= 15 is 0 Å². The molecule has 1 aromatic carbocycles. The zero-order valence-electron chi connectivity index (χ0n) is 12.7. The number of hydrogen-bond donors (Lipinski definition) is 2. The molecule has 0 bridgehead atoms. The Hall–Kier alpha value is -1.26. The predicted octanol–water partition coefficient (Wildman–Crippen LogP) is 2.74. The van der Waals surface area contributed by atoms with Crippen molar-refractivity contribution in [3.8, 4) is 11.5 Å². The lowest BCUT2D eigenvalue weighted by Crippen LogP contribution is -2.17. The summed E-state index contributed by atoms with van der Waals surface area (Å²) in [6.07, 6.45) is 3.45. The van der Waals surface area contributed by atoms with Gasteiger partial charge >= 0.3 is 0 Å². The van der Waals surface area contributed by atoms with E-state index in [0.717, 1.165) is 36.6 Å². The molecule has 2 N–H and O–H groups in total. The summed E-state index contributed by atoms with van der Waals surface area (Å²) >= 11 is 0. The molecule has 0 aliphatic carbocycles. The maximum atomic E-state index is 8.76. The minimum atomic E-state index is 0.150. The number of benzene rings is 1. The molecule has 114 valence electrons. The van der Waals surface area contributed by atoms with Crippen LogP contribution in [0, 0.1) is 0 Å². The van der Waals surface area contributed by atoms with Crippen molar-refractivity contribution in [2.45, 2.75) is 39.7 Å². The van der Waals surface area contributed by atoms with Gasteiger partial charge in [-0.25, -0.2) is 0 Å². The van der Waals surface area contributed by atoms with Gasteiger partial charge in [0.2, 0.25) is 0 Å². The van der Waals surface area contributed by atoms with Crippen LogP contribution in [0.3, 0.4) is 0 Å². The van der Waals surface area contributed by atoms with Crippen molar-refractivity contribution in [1.29, 1.82) is 0 Å². The summed E-state index contributed by atoms with van der Waals surface area (Å²) in [7, 11) is 0. The number of aliphatic hydroxyl groups is 1.